The summed E-state index contributed by atoms with van der Waals surface area (Å²) in [6, 6.07) is 9.79. The number of rotatable bonds is 2. The van der Waals surface area contributed by atoms with Crippen LogP contribution in [0.3, 0.4) is 0 Å². The lowest BCUT2D eigenvalue weighted by atomic mass is 9.85. The van der Waals surface area contributed by atoms with Crippen LogP contribution in [0.5, 0.6) is 5.75 Å². The average Bonchev–Trinajstić information content (AvgIpc) is 2.28. The standard InChI is InChI=1S/C15H21NO/c1-11-4-2-7-14(8-11)17-15-9-12-5-3-6-13(10-15)16-12/h2,4,7-8,12-13,15-16H,3,5-6,9-10H2,1H3/t12-,13+,15-. The van der Waals surface area contributed by atoms with Crippen molar-refractivity contribution in [1.82, 2.24) is 5.32 Å². The molecule has 17 heavy (non-hydrogen) atoms. The third-order valence-corrected chi connectivity index (χ3v) is 3.96. The van der Waals surface area contributed by atoms with E-state index in [1.54, 1.807) is 0 Å². The summed E-state index contributed by atoms with van der Waals surface area (Å²) in [4.78, 5) is 0. The van der Waals surface area contributed by atoms with Gasteiger partial charge in [-0.25, -0.2) is 0 Å². The highest BCUT2D eigenvalue weighted by Gasteiger charge is 2.32. The predicted octanol–water partition coefficient (Wildman–Crippen LogP) is 3.05. The number of hydrogen-bond donors (Lipinski definition) is 1. The summed E-state index contributed by atoms with van der Waals surface area (Å²) >= 11 is 0. The Hall–Kier alpha value is -1.02. The van der Waals surface area contributed by atoms with Crippen LogP contribution in [-0.4, -0.2) is 18.2 Å². The van der Waals surface area contributed by atoms with Crippen molar-refractivity contribution >= 4 is 0 Å². The van der Waals surface area contributed by atoms with E-state index in [2.05, 4.69) is 36.5 Å². The molecule has 0 amide bonds. The highest BCUT2D eigenvalue weighted by atomic mass is 16.5. The van der Waals surface area contributed by atoms with Gasteiger partial charge in [0, 0.05) is 12.1 Å². The maximum Gasteiger partial charge on any atom is 0.119 e. The first kappa shape index (κ1) is 11.1. The second-order valence-corrected chi connectivity index (χ2v) is 5.52. The first-order valence-corrected chi connectivity index (χ1v) is 6.79. The molecule has 1 aromatic carbocycles. The molecule has 0 aromatic heterocycles. The largest absolute Gasteiger partial charge is 0.490 e. The van der Waals surface area contributed by atoms with Crippen LogP contribution in [0.4, 0.5) is 0 Å². The first-order valence-electron chi connectivity index (χ1n) is 6.79. The van der Waals surface area contributed by atoms with Crippen LogP contribution >= 0.6 is 0 Å². The molecule has 1 aromatic rings. The van der Waals surface area contributed by atoms with Crippen LogP contribution in [0.25, 0.3) is 0 Å². The smallest absolute Gasteiger partial charge is 0.119 e. The molecule has 2 heterocycles. The van der Waals surface area contributed by atoms with Crippen LogP contribution in [0.2, 0.25) is 0 Å². The van der Waals surface area contributed by atoms with E-state index < -0.39 is 0 Å². The minimum Gasteiger partial charge on any atom is -0.490 e. The number of benzene rings is 1. The third-order valence-electron chi connectivity index (χ3n) is 3.96. The van der Waals surface area contributed by atoms with Crippen molar-refractivity contribution in [3.8, 4) is 5.75 Å². The van der Waals surface area contributed by atoms with Crippen molar-refractivity contribution in [2.75, 3.05) is 0 Å². The molecule has 2 aliphatic heterocycles. The van der Waals surface area contributed by atoms with Crippen molar-refractivity contribution in [1.29, 1.82) is 0 Å². The van der Waals surface area contributed by atoms with Crippen molar-refractivity contribution in [3.05, 3.63) is 29.8 Å². The second kappa shape index (κ2) is 4.69. The first-order chi connectivity index (χ1) is 8.29. The molecular formula is C15H21NO. The molecule has 0 aliphatic carbocycles. The molecule has 3 atom stereocenters. The summed E-state index contributed by atoms with van der Waals surface area (Å²) in [7, 11) is 0. The van der Waals surface area contributed by atoms with Gasteiger partial charge in [-0.1, -0.05) is 18.6 Å². The van der Waals surface area contributed by atoms with E-state index in [9.17, 15) is 0 Å². The van der Waals surface area contributed by atoms with Crippen LogP contribution in [0.15, 0.2) is 24.3 Å². The van der Waals surface area contributed by atoms with Gasteiger partial charge in [0.2, 0.25) is 0 Å². The monoisotopic (exact) mass is 231 g/mol. The van der Waals surface area contributed by atoms with E-state index in [4.69, 9.17) is 4.74 Å². The summed E-state index contributed by atoms with van der Waals surface area (Å²) in [6.45, 7) is 2.12. The van der Waals surface area contributed by atoms with Gasteiger partial charge in [-0.2, -0.15) is 0 Å². The van der Waals surface area contributed by atoms with Crippen LogP contribution in [0.1, 0.15) is 37.7 Å². The maximum absolute atomic E-state index is 6.13. The Labute approximate surface area is 103 Å². The molecular weight excluding hydrogens is 210 g/mol. The van der Waals surface area contributed by atoms with Gasteiger partial charge in [0.25, 0.3) is 0 Å². The highest BCUT2D eigenvalue weighted by Crippen LogP contribution is 2.28. The quantitative estimate of drug-likeness (QED) is 0.844. The normalized spacial score (nSPS) is 32.2. The zero-order valence-electron chi connectivity index (χ0n) is 10.5. The zero-order valence-corrected chi connectivity index (χ0v) is 10.5. The van der Waals surface area contributed by atoms with Crippen molar-refractivity contribution < 1.29 is 4.74 Å². The number of hydrogen-bond acceptors (Lipinski definition) is 2. The lowest BCUT2D eigenvalue weighted by molar-refractivity contribution is 0.0927. The van der Waals surface area contributed by atoms with Gasteiger partial charge < -0.3 is 10.1 Å². The van der Waals surface area contributed by atoms with Crippen molar-refractivity contribution in [3.63, 3.8) is 0 Å². The van der Waals surface area contributed by atoms with E-state index in [1.165, 1.54) is 37.7 Å². The third kappa shape index (κ3) is 2.63. The van der Waals surface area contributed by atoms with Gasteiger partial charge in [0.1, 0.15) is 11.9 Å². The molecule has 0 spiro atoms. The molecule has 2 fully saturated rings. The fourth-order valence-electron chi connectivity index (χ4n) is 3.19. The fraction of sp³-hybridized carbons (Fsp3) is 0.600. The maximum atomic E-state index is 6.13. The lowest BCUT2D eigenvalue weighted by Crippen LogP contribution is -2.51. The number of piperidine rings is 2. The van der Waals surface area contributed by atoms with E-state index in [0.29, 0.717) is 18.2 Å². The number of fused-ring (bicyclic) bond motifs is 2. The summed E-state index contributed by atoms with van der Waals surface area (Å²) < 4.78 is 6.13. The van der Waals surface area contributed by atoms with Crippen LogP contribution < -0.4 is 10.1 Å². The van der Waals surface area contributed by atoms with E-state index in [-0.39, 0.29) is 0 Å². The molecule has 1 N–H and O–H groups in total. The number of nitrogens with one attached hydrogen (secondary N) is 1. The molecule has 0 radical (unpaired) electrons. The topological polar surface area (TPSA) is 21.3 Å². The molecule has 92 valence electrons. The highest BCUT2D eigenvalue weighted by molar-refractivity contribution is 5.27. The Balaban J connectivity index is 1.65. The van der Waals surface area contributed by atoms with Gasteiger partial charge in [-0.05, 0) is 50.3 Å². The van der Waals surface area contributed by atoms with Gasteiger partial charge in [0.15, 0.2) is 0 Å². The van der Waals surface area contributed by atoms with Crippen molar-refractivity contribution in [2.24, 2.45) is 0 Å². The van der Waals surface area contributed by atoms with Crippen LogP contribution in [0, 0.1) is 6.92 Å². The Bertz CT molecular complexity index is 378. The molecule has 2 heteroatoms. The summed E-state index contributed by atoms with van der Waals surface area (Å²) in [5.41, 5.74) is 1.27. The molecule has 0 saturated carbocycles. The fourth-order valence-corrected chi connectivity index (χ4v) is 3.19. The van der Waals surface area contributed by atoms with Crippen LogP contribution in [-0.2, 0) is 0 Å². The Morgan fingerprint density at radius 1 is 1.18 bits per heavy atom. The molecule has 2 aliphatic rings. The van der Waals surface area contributed by atoms with E-state index in [0.717, 1.165) is 5.75 Å². The molecule has 0 unspecified atom stereocenters. The molecule has 2 saturated heterocycles. The Morgan fingerprint density at radius 2 is 1.94 bits per heavy atom. The van der Waals surface area contributed by atoms with E-state index in [1.807, 2.05) is 0 Å². The SMILES string of the molecule is Cc1cccc(O[C@@H]2C[C@H]3CCC[C@@H](C2)N3)c1. The van der Waals surface area contributed by atoms with Gasteiger partial charge in [0.05, 0.1) is 0 Å². The van der Waals surface area contributed by atoms with Gasteiger partial charge >= 0.3 is 0 Å². The minimum absolute atomic E-state index is 0.411. The molecule has 2 bridgehead atoms. The Morgan fingerprint density at radius 3 is 2.65 bits per heavy atom. The van der Waals surface area contributed by atoms with Crippen molar-refractivity contribution in [2.45, 2.75) is 57.2 Å². The zero-order chi connectivity index (χ0) is 11.7. The Kier molecular flexibility index (Phi) is 3.06. The number of ether oxygens (including phenoxy) is 1. The van der Waals surface area contributed by atoms with Gasteiger partial charge in [-0.15, -0.1) is 0 Å². The lowest BCUT2D eigenvalue weighted by Gasteiger charge is -2.40. The average molecular weight is 231 g/mol. The second-order valence-electron chi connectivity index (χ2n) is 5.52. The van der Waals surface area contributed by atoms with E-state index >= 15 is 0 Å². The minimum atomic E-state index is 0.411. The summed E-state index contributed by atoms with van der Waals surface area (Å²) in [5.74, 6) is 1.04. The summed E-state index contributed by atoms with van der Waals surface area (Å²) in [6.07, 6.45) is 6.79. The predicted molar refractivity (Wildman–Crippen MR) is 69.4 cm³/mol. The van der Waals surface area contributed by atoms with Gasteiger partial charge in [-0.3, -0.25) is 0 Å². The molecule has 2 nitrogen and oxygen atoms in total. The molecule has 3 rings (SSSR count). The summed E-state index contributed by atoms with van der Waals surface area (Å²) in [5, 5.41) is 3.70. The number of aryl methyl sites for hydroxylation is 1.